The van der Waals surface area contributed by atoms with Crippen molar-refractivity contribution in [2.24, 2.45) is 5.41 Å². The van der Waals surface area contributed by atoms with Crippen molar-refractivity contribution in [3.8, 4) is 51.2 Å². The summed E-state index contributed by atoms with van der Waals surface area (Å²) in [6.07, 6.45) is 3.04. The van der Waals surface area contributed by atoms with Crippen LogP contribution in [0.25, 0.3) is 33.6 Å². The molecular formula is C40H42FN7O5. The molecule has 5 aliphatic rings. The predicted octanol–water partition coefficient (Wildman–Crippen LogP) is 4.40. The van der Waals surface area contributed by atoms with Crippen molar-refractivity contribution in [2.75, 3.05) is 60.1 Å². The zero-order chi connectivity index (χ0) is 36.6. The van der Waals surface area contributed by atoms with Crippen LogP contribution in [0.4, 0.5) is 4.39 Å². The van der Waals surface area contributed by atoms with E-state index in [1.165, 1.54) is 0 Å². The molecular weight excluding hydrogens is 677 g/mol. The first-order chi connectivity index (χ1) is 25.6. The quantitative estimate of drug-likeness (QED) is 0.281. The van der Waals surface area contributed by atoms with Gasteiger partial charge in [-0.05, 0) is 30.5 Å². The lowest BCUT2D eigenvalue weighted by Crippen LogP contribution is -2.72. The number of methoxy groups -OCH3 is 2. The average molecular weight is 720 g/mol. The van der Waals surface area contributed by atoms with Crippen molar-refractivity contribution in [2.45, 2.75) is 44.8 Å². The summed E-state index contributed by atoms with van der Waals surface area (Å²) in [7, 11) is 3.17. The van der Waals surface area contributed by atoms with Crippen molar-refractivity contribution in [1.29, 1.82) is 0 Å². The second kappa shape index (κ2) is 12.5. The Balaban J connectivity index is 0.956. The highest BCUT2D eigenvalue weighted by molar-refractivity contribution is 5.81. The molecule has 274 valence electrons. The van der Waals surface area contributed by atoms with Gasteiger partial charge in [-0.15, -0.1) is 0 Å². The number of benzene rings is 2. The lowest BCUT2D eigenvalue weighted by atomic mass is 9.73. The highest BCUT2D eigenvalue weighted by Gasteiger charge is 2.53. The van der Waals surface area contributed by atoms with E-state index in [9.17, 15) is 9.59 Å². The van der Waals surface area contributed by atoms with Crippen molar-refractivity contribution < 1.29 is 28.2 Å². The number of halogens is 1. The molecule has 5 aliphatic heterocycles. The molecule has 1 atom stereocenters. The van der Waals surface area contributed by atoms with Crippen LogP contribution in [0.3, 0.4) is 0 Å². The molecule has 53 heavy (non-hydrogen) atoms. The molecule has 1 unspecified atom stereocenters. The second-order valence-electron chi connectivity index (χ2n) is 15.4. The molecule has 4 fully saturated rings. The fraction of sp³-hybridized carbons (Fsp3) is 0.425. The van der Waals surface area contributed by atoms with Gasteiger partial charge in [-0.3, -0.25) is 24.4 Å². The molecule has 2 spiro atoms. The number of nitrogens with one attached hydrogen (secondary N) is 1. The van der Waals surface area contributed by atoms with Gasteiger partial charge < -0.3 is 24.4 Å². The Bertz CT molecular complexity index is 2160. The number of hydrogen-bond acceptors (Lipinski definition) is 10. The first kappa shape index (κ1) is 33.7. The van der Waals surface area contributed by atoms with Crippen LogP contribution in [0.2, 0.25) is 0 Å². The van der Waals surface area contributed by atoms with E-state index in [1.54, 1.807) is 39.5 Å². The Morgan fingerprint density at radius 2 is 1.66 bits per heavy atom. The molecule has 13 heteroatoms. The second-order valence-corrected chi connectivity index (χ2v) is 15.4. The summed E-state index contributed by atoms with van der Waals surface area (Å²) >= 11 is 0. The molecule has 2 aromatic heterocycles. The highest BCUT2D eigenvalue weighted by Crippen LogP contribution is 2.48. The third-order valence-electron chi connectivity index (χ3n) is 11.8. The van der Waals surface area contributed by atoms with Gasteiger partial charge in [0.05, 0.1) is 48.9 Å². The van der Waals surface area contributed by atoms with Crippen LogP contribution >= 0.6 is 0 Å². The van der Waals surface area contributed by atoms with E-state index >= 15 is 4.39 Å². The van der Waals surface area contributed by atoms with Crippen LogP contribution in [-0.4, -0.2) is 107 Å². The Kier molecular flexibility index (Phi) is 7.93. The normalized spacial score (nSPS) is 21.0. The summed E-state index contributed by atoms with van der Waals surface area (Å²) in [6.45, 7) is 9.55. The van der Waals surface area contributed by atoms with E-state index in [2.05, 4.69) is 20.1 Å². The lowest BCUT2D eigenvalue weighted by molar-refractivity contribution is -0.157. The number of amides is 2. The minimum absolute atomic E-state index is 0.0139. The van der Waals surface area contributed by atoms with Crippen molar-refractivity contribution >= 4 is 11.8 Å². The minimum atomic E-state index is -0.405. The average Bonchev–Trinajstić information content (AvgIpc) is 3.71. The molecule has 4 aromatic rings. The summed E-state index contributed by atoms with van der Waals surface area (Å²) in [5, 5.41) is 3.15. The number of nitrogens with zero attached hydrogens (tertiary/aromatic N) is 6. The number of carbonyl (C=O) groups excluding carboxylic acids is 2. The summed E-state index contributed by atoms with van der Waals surface area (Å²) in [4.78, 5) is 44.3. The first-order valence-corrected chi connectivity index (χ1v) is 18.1. The predicted molar refractivity (Wildman–Crippen MR) is 194 cm³/mol. The number of aromatic nitrogens is 3. The van der Waals surface area contributed by atoms with E-state index in [0.29, 0.717) is 59.5 Å². The van der Waals surface area contributed by atoms with Gasteiger partial charge >= 0.3 is 0 Å². The molecule has 2 amide bonds. The van der Waals surface area contributed by atoms with E-state index in [1.807, 2.05) is 42.2 Å². The maximum absolute atomic E-state index is 16.5. The molecule has 0 saturated carbocycles. The summed E-state index contributed by atoms with van der Waals surface area (Å²) < 4.78 is 34.3. The summed E-state index contributed by atoms with van der Waals surface area (Å²) in [6, 6.07) is 13.0. The standard InChI is InChI=1S/C40H42FN7O5/c1-23-25(7-5-8-26(23)29-13-33-35(38(43-29)52-4)32(16-53-33)48-21-40(22-48)12-11-34(50)45-40)27-9-6-10-28(36(27)41)30-14-42-31(37(44-30)51-3)15-46-17-39(18-46)19-47(20-39)24(2)49/h5-10,13-14,32H,11-12,15-22H2,1-4H3,(H,45,50). The minimum Gasteiger partial charge on any atom is -0.491 e. The fourth-order valence-electron chi connectivity index (χ4n) is 9.08. The number of carbonyl (C=O) groups is 2. The SMILES string of the molecule is COc1nc(-c2cccc(-c3cccc(-c4cc5c(c(OC)n4)C(N4CC6(CCC(=O)N6)C4)CO5)c3C)c2F)cnc1CN1CC2(C1)CN(C(C)=O)C2. The monoisotopic (exact) mass is 719 g/mol. The van der Waals surface area contributed by atoms with Crippen LogP contribution in [0.15, 0.2) is 48.7 Å². The molecule has 0 radical (unpaired) electrons. The largest absolute Gasteiger partial charge is 0.491 e. The number of hydrogen-bond donors (Lipinski definition) is 1. The van der Waals surface area contributed by atoms with Gasteiger partial charge in [-0.1, -0.05) is 30.3 Å². The van der Waals surface area contributed by atoms with Crippen LogP contribution < -0.4 is 19.5 Å². The molecule has 9 rings (SSSR count). The van der Waals surface area contributed by atoms with Gasteiger partial charge in [0.15, 0.2) is 0 Å². The third kappa shape index (κ3) is 5.59. The molecule has 12 nitrogen and oxygen atoms in total. The highest BCUT2D eigenvalue weighted by atomic mass is 19.1. The van der Waals surface area contributed by atoms with E-state index in [4.69, 9.17) is 24.2 Å². The Morgan fingerprint density at radius 1 is 0.962 bits per heavy atom. The first-order valence-electron chi connectivity index (χ1n) is 18.1. The molecule has 0 bridgehead atoms. The van der Waals surface area contributed by atoms with Gasteiger partial charge in [0.1, 0.15) is 23.9 Å². The van der Waals surface area contributed by atoms with Gasteiger partial charge in [0.25, 0.3) is 0 Å². The van der Waals surface area contributed by atoms with Crippen LogP contribution in [0, 0.1) is 18.2 Å². The number of pyridine rings is 1. The van der Waals surface area contributed by atoms with Gasteiger partial charge in [0.2, 0.25) is 23.6 Å². The Labute approximate surface area is 307 Å². The summed E-state index contributed by atoms with van der Waals surface area (Å²) in [5.74, 6) is 1.42. The number of fused-ring (bicyclic) bond motifs is 1. The third-order valence-corrected chi connectivity index (χ3v) is 11.8. The van der Waals surface area contributed by atoms with Crippen LogP contribution in [0.1, 0.15) is 42.6 Å². The molecule has 7 heterocycles. The fourth-order valence-corrected chi connectivity index (χ4v) is 9.08. The zero-order valence-electron chi connectivity index (χ0n) is 30.4. The van der Waals surface area contributed by atoms with Crippen molar-refractivity contribution in [1.82, 2.24) is 35.0 Å². The van der Waals surface area contributed by atoms with Crippen molar-refractivity contribution in [3.63, 3.8) is 0 Å². The number of rotatable bonds is 8. The molecule has 2 aromatic carbocycles. The van der Waals surface area contributed by atoms with Crippen LogP contribution in [-0.2, 0) is 16.1 Å². The maximum Gasteiger partial charge on any atom is 0.237 e. The van der Waals surface area contributed by atoms with Gasteiger partial charge in [0, 0.05) is 87.3 Å². The smallest absolute Gasteiger partial charge is 0.237 e. The number of ether oxygens (including phenoxy) is 3. The molecule has 0 aliphatic carbocycles. The lowest BCUT2D eigenvalue weighted by Gasteiger charge is -2.60. The van der Waals surface area contributed by atoms with E-state index in [0.717, 1.165) is 73.7 Å². The Morgan fingerprint density at radius 3 is 2.36 bits per heavy atom. The van der Waals surface area contributed by atoms with E-state index in [-0.39, 0.29) is 28.8 Å². The van der Waals surface area contributed by atoms with Crippen LogP contribution in [0.5, 0.6) is 17.5 Å². The number of likely N-dealkylation sites (tertiary alicyclic amines) is 3. The summed E-state index contributed by atoms with van der Waals surface area (Å²) in [5.41, 5.74) is 5.90. The molecule has 4 saturated heterocycles. The van der Waals surface area contributed by atoms with Crippen molar-refractivity contribution in [3.05, 3.63) is 71.3 Å². The van der Waals surface area contributed by atoms with Gasteiger partial charge in [-0.25, -0.2) is 14.4 Å². The van der Waals surface area contributed by atoms with E-state index < -0.39 is 5.82 Å². The maximum atomic E-state index is 16.5. The zero-order valence-corrected chi connectivity index (χ0v) is 30.4. The molecule has 1 N–H and O–H groups in total. The Hall–Kier alpha value is -5.14. The van der Waals surface area contributed by atoms with Gasteiger partial charge in [-0.2, -0.15) is 0 Å². The topological polar surface area (TPSA) is 122 Å².